The zero-order chi connectivity index (χ0) is 11.5. The third-order valence-electron chi connectivity index (χ3n) is 2.57. The predicted octanol–water partition coefficient (Wildman–Crippen LogP) is 2.51. The van der Waals surface area contributed by atoms with Crippen LogP contribution in [0, 0.1) is 5.41 Å². The average molecular weight is 209 g/mol. The highest BCUT2D eigenvalue weighted by Gasteiger charge is 2.12. The van der Waals surface area contributed by atoms with Gasteiger partial charge in [0.25, 0.3) is 0 Å². The third-order valence-corrected chi connectivity index (χ3v) is 2.57. The van der Waals surface area contributed by atoms with Gasteiger partial charge in [0, 0.05) is 19.4 Å². The van der Waals surface area contributed by atoms with E-state index >= 15 is 0 Å². The van der Waals surface area contributed by atoms with Gasteiger partial charge in [-0.1, -0.05) is 20.8 Å². The van der Waals surface area contributed by atoms with Gasteiger partial charge in [-0.3, -0.25) is 0 Å². The Morgan fingerprint density at radius 3 is 2.60 bits per heavy atom. The lowest BCUT2D eigenvalue weighted by atomic mass is 9.92. The maximum absolute atomic E-state index is 4.33. The molecule has 0 saturated carbocycles. The molecule has 0 fully saturated rings. The molecule has 1 atom stereocenters. The van der Waals surface area contributed by atoms with Gasteiger partial charge in [-0.25, -0.2) is 4.98 Å². The molecule has 1 unspecified atom stereocenters. The van der Waals surface area contributed by atoms with Gasteiger partial charge < -0.3 is 9.88 Å². The topological polar surface area (TPSA) is 29.9 Å². The van der Waals surface area contributed by atoms with Crippen LogP contribution in [0.15, 0.2) is 12.4 Å². The second kappa shape index (κ2) is 4.79. The molecule has 86 valence electrons. The summed E-state index contributed by atoms with van der Waals surface area (Å²) in [5, 5.41) is 3.50. The summed E-state index contributed by atoms with van der Waals surface area (Å²) in [6.07, 6.45) is 5.01. The van der Waals surface area contributed by atoms with Crippen LogP contribution < -0.4 is 5.32 Å². The number of aryl methyl sites for hydroxylation is 1. The smallest absolute Gasteiger partial charge is 0.125 e. The van der Waals surface area contributed by atoms with Gasteiger partial charge in [0.15, 0.2) is 0 Å². The number of imidazole rings is 1. The van der Waals surface area contributed by atoms with Gasteiger partial charge in [0.2, 0.25) is 0 Å². The Bertz CT molecular complexity index is 296. The maximum Gasteiger partial charge on any atom is 0.125 e. The van der Waals surface area contributed by atoms with Crippen molar-refractivity contribution in [3.05, 3.63) is 18.2 Å². The highest BCUT2D eigenvalue weighted by Crippen LogP contribution is 2.18. The fraction of sp³-hybridized carbons (Fsp3) is 0.750. The van der Waals surface area contributed by atoms with Crippen LogP contribution in [-0.4, -0.2) is 16.1 Å². The van der Waals surface area contributed by atoms with Gasteiger partial charge >= 0.3 is 0 Å². The van der Waals surface area contributed by atoms with E-state index in [1.165, 1.54) is 6.42 Å². The largest absolute Gasteiger partial charge is 0.337 e. The molecule has 1 rings (SSSR count). The van der Waals surface area contributed by atoms with E-state index in [0.29, 0.717) is 11.5 Å². The molecule has 0 radical (unpaired) electrons. The third kappa shape index (κ3) is 4.04. The molecule has 1 heterocycles. The van der Waals surface area contributed by atoms with Gasteiger partial charge in [-0.15, -0.1) is 0 Å². The first kappa shape index (κ1) is 12.2. The van der Waals surface area contributed by atoms with Crippen molar-refractivity contribution < 1.29 is 0 Å². The molecule has 3 nitrogen and oxygen atoms in total. The van der Waals surface area contributed by atoms with E-state index < -0.39 is 0 Å². The molecule has 1 aromatic rings. The average Bonchev–Trinajstić information content (AvgIpc) is 2.48. The number of nitrogens with one attached hydrogen (secondary N) is 1. The molecule has 3 heteroatoms. The van der Waals surface area contributed by atoms with Crippen molar-refractivity contribution in [2.24, 2.45) is 12.5 Å². The van der Waals surface area contributed by atoms with Crippen LogP contribution in [0.25, 0.3) is 0 Å². The molecule has 0 aliphatic rings. The summed E-state index contributed by atoms with van der Waals surface area (Å²) in [4.78, 5) is 4.33. The second-order valence-electron chi connectivity index (χ2n) is 5.38. The summed E-state index contributed by atoms with van der Waals surface area (Å²) in [5.74, 6) is 1.10. The molecule has 0 bridgehead atoms. The zero-order valence-corrected chi connectivity index (χ0v) is 10.5. The van der Waals surface area contributed by atoms with Crippen molar-refractivity contribution in [1.82, 2.24) is 14.9 Å². The summed E-state index contributed by atoms with van der Waals surface area (Å²) in [5.41, 5.74) is 0.397. The first-order valence-electron chi connectivity index (χ1n) is 5.61. The molecule has 1 aromatic heterocycles. The Balaban J connectivity index is 2.37. The van der Waals surface area contributed by atoms with Crippen LogP contribution in [0.2, 0.25) is 0 Å². The molecule has 0 aromatic carbocycles. The van der Waals surface area contributed by atoms with Crippen LogP contribution in [-0.2, 0) is 7.05 Å². The van der Waals surface area contributed by atoms with Crippen molar-refractivity contribution in [3.8, 4) is 0 Å². The normalized spacial score (nSPS) is 14.2. The van der Waals surface area contributed by atoms with E-state index in [1.54, 1.807) is 0 Å². The SMILES string of the molecule is CC(NCCC(C)(C)C)c1nccn1C. The summed E-state index contributed by atoms with van der Waals surface area (Å²) < 4.78 is 2.06. The summed E-state index contributed by atoms with van der Waals surface area (Å²) >= 11 is 0. The standard InChI is InChI=1S/C12H23N3/c1-10(11-14-8-9-15(11)5)13-7-6-12(2,3)4/h8-10,13H,6-7H2,1-5H3. The molecular weight excluding hydrogens is 186 g/mol. The van der Waals surface area contributed by atoms with E-state index in [1.807, 2.05) is 19.4 Å². The molecular formula is C12H23N3. The Labute approximate surface area is 92.9 Å². The van der Waals surface area contributed by atoms with E-state index in [9.17, 15) is 0 Å². The van der Waals surface area contributed by atoms with E-state index in [-0.39, 0.29) is 0 Å². The molecule has 0 amide bonds. The number of aromatic nitrogens is 2. The van der Waals surface area contributed by atoms with Crippen LogP contribution in [0.3, 0.4) is 0 Å². The maximum atomic E-state index is 4.33. The molecule has 0 aliphatic heterocycles. The second-order valence-corrected chi connectivity index (χ2v) is 5.38. The summed E-state index contributed by atoms with van der Waals surface area (Å²) in [7, 11) is 2.03. The lowest BCUT2D eigenvalue weighted by molar-refractivity contribution is 0.355. The highest BCUT2D eigenvalue weighted by molar-refractivity contribution is 4.96. The minimum absolute atomic E-state index is 0.326. The quantitative estimate of drug-likeness (QED) is 0.825. The van der Waals surface area contributed by atoms with Crippen molar-refractivity contribution in [2.45, 2.75) is 40.2 Å². The van der Waals surface area contributed by atoms with E-state index in [0.717, 1.165) is 12.4 Å². The summed E-state index contributed by atoms with van der Waals surface area (Å²) in [6.45, 7) is 9.99. The molecule has 15 heavy (non-hydrogen) atoms. The fourth-order valence-electron chi connectivity index (χ4n) is 1.55. The minimum Gasteiger partial charge on any atom is -0.337 e. The van der Waals surface area contributed by atoms with Gasteiger partial charge in [-0.2, -0.15) is 0 Å². The lowest BCUT2D eigenvalue weighted by Crippen LogP contribution is -2.25. The lowest BCUT2D eigenvalue weighted by Gasteiger charge is -2.20. The molecule has 1 N–H and O–H groups in total. The number of rotatable bonds is 4. The zero-order valence-electron chi connectivity index (χ0n) is 10.5. The van der Waals surface area contributed by atoms with Crippen LogP contribution in [0.4, 0.5) is 0 Å². The minimum atomic E-state index is 0.326. The molecule has 0 spiro atoms. The predicted molar refractivity (Wildman–Crippen MR) is 63.7 cm³/mol. The summed E-state index contributed by atoms with van der Waals surface area (Å²) in [6, 6.07) is 0.326. The first-order chi connectivity index (χ1) is 6.90. The van der Waals surface area contributed by atoms with E-state index in [2.05, 4.69) is 42.6 Å². The first-order valence-corrected chi connectivity index (χ1v) is 5.61. The van der Waals surface area contributed by atoms with Crippen molar-refractivity contribution in [2.75, 3.05) is 6.54 Å². The fourth-order valence-corrected chi connectivity index (χ4v) is 1.55. The Morgan fingerprint density at radius 1 is 1.47 bits per heavy atom. The molecule has 0 saturated heterocycles. The number of nitrogens with zero attached hydrogens (tertiary/aromatic N) is 2. The van der Waals surface area contributed by atoms with Crippen molar-refractivity contribution >= 4 is 0 Å². The highest BCUT2D eigenvalue weighted by atomic mass is 15.1. The van der Waals surface area contributed by atoms with Crippen LogP contribution in [0.5, 0.6) is 0 Å². The van der Waals surface area contributed by atoms with E-state index in [4.69, 9.17) is 0 Å². The van der Waals surface area contributed by atoms with Gasteiger partial charge in [-0.05, 0) is 25.3 Å². The number of hydrogen-bond donors (Lipinski definition) is 1. The van der Waals surface area contributed by atoms with Crippen LogP contribution >= 0.6 is 0 Å². The number of hydrogen-bond acceptors (Lipinski definition) is 2. The van der Waals surface area contributed by atoms with Crippen molar-refractivity contribution in [1.29, 1.82) is 0 Å². The van der Waals surface area contributed by atoms with Gasteiger partial charge in [0.1, 0.15) is 5.82 Å². The Morgan fingerprint density at radius 2 is 2.13 bits per heavy atom. The Kier molecular flexibility index (Phi) is 3.91. The van der Waals surface area contributed by atoms with Crippen molar-refractivity contribution in [3.63, 3.8) is 0 Å². The Hall–Kier alpha value is -0.830. The van der Waals surface area contributed by atoms with Crippen LogP contribution in [0.1, 0.15) is 46.0 Å². The molecule has 0 aliphatic carbocycles. The van der Waals surface area contributed by atoms with Gasteiger partial charge in [0.05, 0.1) is 6.04 Å². The monoisotopic (exact) mass is 209 g/mol.